The average Bonchev–Trinajstić information content (AvgIpc) is 2.73. The van der Waals surface area contributed by atoms with Gasteiger partial charge in [-0.25, -0.2) is 0 Å². The molecule has 0 fully saturated rings. The molecule has 0 N–H and O–H groups in total. The number of hydrogen-bond donors (Lipinski definition) is 0. The number of aromatic nitrogens is 3. The Morgan fingerprint density at radius 1 is 1.37 bits per heavy atom. The van der Waals surface area contributed by atoms with Crippen LogP contribution in [-0.2, 0) is 13.6 Å². The van der Waals surface area contributed by atoms with Crippen LogP contribution >= 0.6 is 11.8 Å². The maximum atomic E-state index is 4.01. The number of anilines is 1. The van der Waals surface area contributed by atoms with Crippen LogP contribution in [0.5, 0.6) is 0 Å². The quantitative estimate of drug-likeness (QED) is 0.843. The molecule has 2 heterocycles. The highest BCUT2D eigenvalue weighted by molar-refractivity contribution is 8.00. The van der Waals surface area contributed by atoms with Gasteiger partial charge in [0.1, 0.15) is 0 Å². The molecule has 0 radical (unpaired) electrons. The van der Waals surface area contributed by atoms with Gasteiger partial charge >= 0.3 is 0 Å². The summed E-state index contributed by atoms with van der Waals surface area (Å²) in [6, 6.07) is 8.66. The van der Waals surface area contributed by atoms with Crippen LogP contribution < -0.4 is 4.90 Å². The Hall–Kier alpha value is -1.49. The first-order chi connectivity index (χ1) is 9.24. The van der Waals surface area contributed by atoms with Gasteiger partial charge in [-0.15, -0.1) is 16.9 Å². The van der Waals surface area contributed by atoms with Gasteiger partial charge in [-0.1, -0.05) is 24.3 Å². The number of aryl methyl sites for hydroxylation is 1. The van der Waals surface area contributed by atoms with Gasteiger partial charge in [-0.05, 0) is 18.6 Å². The predicted octanol–water partition coefficient (Wildman–Crippen LogP) is 2.71. The second-order valence-corrected chi connectivity index (χ2v) is 6.44. The number of hydrogen-bond acceptors (Lipinski definition) is 4. The van der Waals surface area contributed by atoms with Crippen LogP contribution in [0.2, 0.25) is 0 Å². The van der Waals surface area contributed by atoms with Crippen molar-refractivity contribution in [3.05, 3.63) is 36.2 Å². The van der Waals surface area contributed by atoms with Crippen molar-refractivity contribution in [2.45, 2.75) is 30.0 Å². The molecule has 0 amide bonds. The van der Waals surface area contributed by atoms with Crippen molar-refractivity contribution in [2.24, 2.45) is 7.05 Å². The first-order valence-electron chi connectivity index (χ1n) is 6.58. The third-order valence-corrected chi connectivity index (χ3v) is 4.74. The molecule has 1 aliphatic rings. The van der Waals surface area contributed by atoms with Gasteiger partial charge < -0.3 is 4.90 Å². The van der Waals surface area contributed by atoms with E-state index in [1.54, 1.807) is 0 Å². The van der Waals surface area contributed by atoms with E-state index in [-0.39, 0.29) is 0 Å². The van der Waals surface area contributed by atoms with E-state index >= 15 is 0 Å². The van der Waals surface area contributed by atoms with Crippen molar-refractivity contribution in [2.75, 3.05) is 11.4 Å². The zero-order valence-electron chi connectivity index (χ0n) is 11.3. The summed E-state index contributed by atoms with van der Waals surface area (Å²) in [5, 5.41) is 8.64. The summed E-state index contributed by atoms with van der Waals surface area (Å²) in [5.41, 5.74) is 2.48. The summed E-state index contributed by atoms with van der Waals surface area (Å²) >= 11 is 1.97. The van der Waals surface area contributed by atoms with Crippen LogP contribution in [0.3, 0.4) is 0 Å². The summed E-state index contributed by atoms with van der Waals surface area (Å²) in [4.78, 5) is 3.81. The van der Waals surface area contributed by atoms with E-state index in [4.69, 9.17) is 0 Å². The Balaban J connectivity index is 1.91. The van der Waals surface area contributed by atoms with Crippen molar-refractivity contribution in [1.82, 2.24) is 15.0 Å². The number of thioether (sulfide) groups is 1. The number of fused-ring (bicyclic) bond motifs is 1. The molecule has 0 aliphatic carbocycles. The van der Waals surface area contributed by atoms with Crippen molar-refractivity contribution in [3.63, 3.8) is 0 Å². The standard InChI is InChI=1S/C14H18N4S/c1-11-7-8-18(10-12-9-15-16-17(12)2)13-5-3-4-6-14(13)19-11/h3-6,9,11H,7-8,10H2,1-2H3. The maximum absolute atomic E-state index is 4.01. The largest absolute Gasteiger partial charge is 0.365 e. The fraction of sp³-hybridized carbons (Fsp3) is 0.429. The van der Waals surface area contributed by atoms with E-state index in [9.17, 15) is 0 Å². The lowest BCUT2D eigenvalue weighted by Gasteiger charge is -2.24. The first kappa shape index (κ1) is 12.5. The van der Waals surface area contributed by atoms with Gasteiger partial charge in [0.15, 0.2) is 0 Å². The normalized spacial score (nSPS) is 19.1. The second-order valence-electron chi connectivity index (χ2n) is 4.96. The monoisotopic (exact) mass is 274 g/mol. The fourth-order valence-electron chi connectivity index (χ4n) is 2.37. The van der Waals surface area contributed by atoms with Crippen LogP contribution in [0.4, 0.5) is 5.69 Å². The predicted molar refractivity (Wildman–Crippen MR) is 78.4 cm³/mol. The highest BCUT2D eigenvalue weighted by atomic mass is 32.2. The molecule has 4 nitrogen and oxygen atoms in total. The van der Waals surface area contributed by atoms with Gasteiger partial charge in [-0.2, -0.15) is 0 Å². The van der Waals surface area contributed by atoms with E-state index < -0.39 is 0 Å². The third kappa shape index (κ3) is 2.61. The van der Waals surface area contributed by atoms with Crippen LogP contribution in [0.1, 0.15) is 19.0 Å². The molecule has 0 bridgehead atoms. The van der Waals surface area contributed by atoms with Crippen LogP contribution in [0.15, 0.2) is 35.4 Å². The van der Waals surface area contributed by atoms with E-state index in [0.29, 0.717) is 5.25 Å². The molecule has 3 rings (SSSR count). The SMILES string of the molecule is CC1CCN(Cc2cnnn2C)c2ccccc2S1. The molecule has 0 saturated heterocycles. The first-order valence-corrected chi connectivity index (χ1v) is 7.46. The van der Waals surface area contributed by atoms with Crippen LogP contribution in [0.25, 0.3) is 0 Å². The number of rotatable bonds is 2. The molecule has 5 heteroatoms. The van der Waals surface area contributed by atoms with Crippen LogP contribution in [-0.4, -0.2) is 26.8 Å². The van der Waals surface area contributed by atoms with Gasteiger partial charge in [0.2, 0.25) is 0 Å². The molecule has 0 saturated carbocycles. The van der Waals surface area contributed by atoms with E-state index in [2.05, 4.69) is 46.4 Å². The summed E-state index contributed by atoms with van der Waals surface area (Å²) < 4.78 is 1.85. The van der Waals surface area contributed by atoms with E-state index in [1.165, 1.54) is 17.0 Å². The molecule has 1 aliphatic heterocycles. The third-order valence-electron chi connectivity index (χ3n) is 3.50. The molecular formula is C14H18N4S. The molecule has 1 unspecified atom stereocenters. The minimum absolute atomic E-state index is 0.663. The number of nitrogens with zero attached hydrogens (tertiary/aromatic N) is 4. The minimum Gasteiger partial charge on any atom is -0.365 e. The Morgan fingerprint density at radius 3 is 3.00 bits per heavy atom. The lowest BCUT2D eigenvalue weighted by Crippen LogP contribution is -2.25. The van der Waals surface area contributed by atoms with Crippen molar-refractivity contribution < 1.29 is 0 Å². The zero-order chi connectivity index (χ0) is 13.2. The molecule has 2 aromatic rings. The lowest BCUT2D eigenvalue weighted by molar-refractivity contribution is 0.648. The summed E-state index contributed by atoms with van der Waals surface area (Å²) in [6.07, 6.45) is 3.05. The Morgan fingerprint density at radius 2 is 2.21 bits per heavy atom. The Labute approximate surface area is 117 Å². The highest BCUT2D eigenvalue weighted by Gasteiger charge is 2.20. The van der Waals surface area contributed by atoms with E-state index in [1.807, 2.05) is 29.7 Å². The molecular weight excluding hydrogens is 256 g/mol. The van der Waals surface area contributed by atoms with Crippen LogP contribution in [0, 0.1) is 0 Å². The Bertz CT molecular complexity index is 566. The van der Waals surface area contributed by atoms with Crippen molar-refractivity contribution in [1.29, 1.82) is 0 Å². The van der Waals surface area contributed by atoms with Gasteiger partial charge in [0, 0.05) is 23.7 Å². The summed E-state index contributed by atoms with van der Waals surface area (Å²) in [7, 11) is 1.95. The lowest BCUT2D eigenvalue weighted by atomic mass is 10.2. The number of para-hydroxylation sites is 1. The molecule has 1 aromatic carbocycles. The topological polar surface area (TPSA) is 34.0 Å². The van der Waals surface area contributed by atoms with E-state index in [0.717, 1.165) is 18.8 Å². The molecule has 100 valence electrons. The van der Waals surface area contributed by atoms with Crippen molar-refractivity contribution in [3.8, 4) is 0 Å². The summed E-state index contributed by atoms with van der Waals surface area (Å²) in [5.74, 6) is 0. The second kappa shape index (κ2) is 5.25. The molecule has 0 spiro atoms. The minimum atomic E-state index is 0.663. The average molecular weight is 274 g/mol. The smallest absolute Gasteiger partial charge is 0.0776 e. The summed E-state index contributed by atoms with van der Waals surface area (Å²) in [6.45, 7) is 4.25. The molecule has 1 aromatic heterocycles. The highest BCUT2D eigenvalue weighted by Crippen LogP contribution is 2.37. The Kier molecular flexibility index (Phi) is 3.46. The van der Waals surface area contributed by atoms with Crippen molar-refractivity contribution >= 4 is 17.4 Å². The molecule has 1 atom stereocenters. The number of benzene rings is 1. The maximum Gasteiger partial charge on any atom is 0.0776 e. The van der Waals surface area contributed by atoms with Gasteiger partial charge in [0.25, 0.3) is 0 Å². The fourth-order valence-corrected chi connectivity index (χ4v) is 3.50. The van der Waals surface area contributed by atoms with Gasteiger partial charge in [0.05, 0.1) is 24.1 Å². The molecule has 19 heavy (non-hydrogen) atoms. The van der Waals surface area contributed by atoms with Gasteiger partial charge in [-0.3, -0.25) is 4.68 Å². The zero-order valence-corrected chi connectivity index (χ0v) is 12.1.